The number of carbonyl (C=O) groups is 2. The molecule has 0 bridgehead atoms. The van der Waals surface area contributed by atoms with Crippen LogP contribution in [0.2, 0.25) is 18.1 Å². The molecule has 2 rings (SSSR count). The lowest BCUT2D eigenvalue weighted by Crippen LogP contribution is -2.43. The molecule has 0 radical (unpaired) electrons. The Balaban J connectivity index is 2.28. The van der Waals surface area contributed by atoms with E-state index in [0.29, 0.717) is 18.5 Å². The number of methoxy groups -OCH3 is 1. The smallest absolute Gasteiger partial charge is 0.410 e. The van der Waals surface area contributed by atoms with E-state index in [1.165, 1.54) is 7.11 Å². The molecule has 0 atom stereocenters. The highest BCUT2D eigenvalue weighted by atomic mass is 28.4. The molecule has 6 nitrogen and oxygen atoms in total. The lowest BCUT2D eigenvalue weighted by atomic mass is 9.93. The van der Waals surface area contributed by atoms with E-state index in [2.05, 4.69) is 33.9 Å². The molecule has 1 aromatic carbocycles. The van der Waals surface area contributed by atoms with Crippen molar-refractivity contribution in [3.8, 4) is 5.75 Å². The summed E-state index contributed by atoms with van der Waals surface area (Å²) in [6.07, 6.45) is 0.123. The second-order valence-corrected chi connectivity index (χ2v) is 15.2. The average Bonchev–Trinajstić information content (AvgIpc) is 2.65. The standard InChI is InChI=1S/C24H37NO5Si/c1-23(2,3)29-22(27)25-15-14-19(20(16-25)21(26)28-7)17-10-12-18(13-11-17)30-31(8,9)24(4,5)6/h10-13H,14-16H2,1-9H3. The Bertz CT molecular complexity index is 844. The van der Waals surface area contributed by atoms with Crippen molar-refractivity contribution < 1.29 is 23.5 Å². The van der Waals surface area contributed by atoms with E-state index < -0.39 is 26.0 Å². The van der Waals surface area contributed by atoms with Crippen molar-refractivity contribution in [2.24, 2.45) is 0 Å². The second kappa shape index (κ2) is 9.07. The molecule has 172 valence electrons. The molecular weight excluding hydrogens is 410 g/mol. The van der Waals surface area contributed by atoms with Gasteiger partial charge in [0.05, 0.1) is 19.2 Å². The summed E-state index contributed by atoms with van der Waals surface area (Å²) in [5.41, 5.74) is 1.72. The molecule has 0 fully saturated rings. The summed E-state index contributed by atoms with van der Waals surface area (Å²) in [6, 6.07) is 7.86. The van der Waals surface area contributed by atoms with Crippen LogP contribution in [0.4, 0.5) is 4.79 Å². The summed E-state index contributed by atoms with van der Waals surface area (Å²) < 4.78 is 16.8. The first-order chi connectivity index (χ1) is 14.1. The lowest BCUT2D eigenvalue weighted by Gasteiger charge is -2.36. The maximum atomic E-state index is 12.5. The quantitative estimate of drug-likeness (QED) is 0.441. The Morgan fingerprint density at radius 2 is 1.58 bits per heavy atom. The third kappa shape index (κ3) is 6.35. The van der Waals surface area contributed by atoms with Crippen molar-refractivity contribution in [2.45, 2.75) is 71.7 Å². The Kier molecular flexibility index (Phi) is 7.31. The van der Waals surface area contributed by atoms with Gasteiger partial charge in [-0.05, 0) is 68.6 Å². The van der Waals surface area contributed by atoms with Crippen LogP contribution in [0.15, 0.2) is 29.8 Å². The summed E-state index contributed by atoms with van der Waals surface area (Å²) in [6.45, 7) is 17.2. The van der Waals surface area contributed by atoms with Gasteiger partial charge in [0.25, 0.3) is 0 Å². The zero-order chi connectivity index (χ0) is 23.6. The molecule has 1 aliphatic rings. The minimum absolute atomic E-state index is 0.112. The number of hydrogen-bond acceptors (Lipinski definition) is 5. The Labute approximate surface area is 187 Å². The number of hydrogen-bond donors (Lipinski definition) is 0. The van der Waals surface area contributed by atoms with Crippen LogP contribution in [0.1, 0.15) is 53.5 Å². The lowest BCUT2D eigenvalue weighted by molar-refractivity contribution is -0.136. The molecule has 1 aromatic rings. The summed E-state index contributed by atoms with van der Waals surface area (Å²) >= 11 is 0. The van der Waals surface area contributed by atoms with Gasteiger partial charge >= 0.3 is 12.1 Å². The van der Waals surface area contributed by atoms with Crippen LogP contribution in [-0.4, -0.2) is 51.1 Å². The summed E-state index contributed by atoms with van der Waals surface area (Å²) in [5, 5.41) is 0.112. The topological polar surface area (TPSA) is 65.1 Å². The second-order valence-electron chi connectivity index (χ2n) is 10.5. The van der Waals surface area contributed by atoms with Crippen LogP contribution in [0, 0.1) is 0 Å². The Morgan fingerprint density at radius 3 is 2.06 bits per heavy atom. The molecule has 1 amide bonds. The summed E-state index contributed by atoms with van der Waals surface area (Å²) in [5.74, 6) is 0.409. The highest BCUT2D eigenvalue weighted by Crippen LogP contribution is 2.38. The van der Waals surface area contributed by atoms with Gasteiger partial charge in [-0.2, -0.15) is 0 Å². The molecule has 0 N–H and O–H groups in total. The molecule has 7 heteroatoms. The fourth-order valence-electron chi connectivity index (χ4n) is 3.05. The largest absolute Gasteiger partial charge is 0.544 e. The fraction of sp³-hybridized carbons (Fsp3) is 0.583. The SMILES string of the molecule is COC(=O)C1=C(c2ccc(O[Si](C)(C)C(C)(C)C)cc2)CCN(C(=O)OC(C)(C)C)C1. The van der Waals surface area contributed by atoms with Gasteiger partial charge in [0.2, 0.25) is 8.32 Å². The van der Waals surface area contributed by atoms with Gasteiger partial charge in [-0.1, -0.05) is 32.9 Å². The third-order valence-electron chi connectivity index (χ3n) is 5.81. The van der Waals surface area contributed by atoms with Crippen molar-refractivity contribution in [1.82, 2.24) is 4.90 Å². The number of ether oxygens (including phenoxy) is 2. The maximum Gasteiger partial charge on any atom is 0.410 e. The van der Waals surface area contributed by atoms with Crippen molar-refractivity contribution in [3.05, 3.63) is 35.4 Å². The molecule has 0 aromatic heterocycles. The monoisotopic (exact) mass is 447 g/mol. The first-order valence-corrected chi connectivity index (χ1v) is 13.6. The van der Waals surface area contributed by atoms with Crippen LogP contribution >= 0.6 is 0 Å². The summed E-state index contributed by atoms with van der Waals surface area (Å²) in [7, 11) is -0.569. The van der Waals surface area contributed by atoms with Gasteiger partial charge in [0.1, 0.15) is 11.4 Å². The van der Waals surface area contributed by atoms with Crippen LogP contribution in [0.3, 0.4) is 0 Å². The van der Waals surface area contributed by atoms with E-state index in [-0.39, 0.29) is 11.6 Å². The number of carbonyl (C=O) groups excluding carboxylic acids is 2. The van der Waals surface area contributed by atoms with Gasteiger partial charge in [-0.25, -0.2) is 9.59 Å². The van der Waals surface area contributed by atoms with Crippen LogP contribution in [-0.2, 0) is 14.3 Å². The van der Waals surface area contributed by atoms with Gasteiger partial charge in [0, 0.05) is 6.54 Å². The predicted molar refractivity (Wildman–Crippen MR) is 126 cm³/mol. The fourth-order valence-corrected chi connectivity index (χ4v) is 4.08. The van der Waals surface area contributed by atoms with Crippen LogP contribution in [0.25, 0.3) is 5.57 Å². The molecule has 0 saturated carbocycles. The molecule has 0 saturated heterocycles. The highest BCUT2D eigenvalue weighted by molar-refractivity contribution is 6.74. The van der Waals surface area contributed by atoms with Crippen molar-refractivity contribution in [1.29, 1.82) is 0 Å². The van der Waals surface area contributed by atoms with Crippen molar-refractivity contribution in [3.63, 3.8) is 0 Å². The van der Waals surface area contributed by atoms with Gasteiger partial charge in [-0.3, -0.25) is 0 Å². The molecule has 0 spiro atoms. The maximum absolute atomic E-state index is 12.5. The van der Waals surface area contributed by atoms with Gasteiger partial charge in [0.15, 0.2) is 0 Å². The zero-order valence-corrected chi connectivity index (χ0v) is 21.4. The molecular formula is C24H37NO5Si. The van der Waals surface area contributed by atoms with E-state index in [1.807, 2.05) is 45.0 Å². The zero-order valence-electron chi connectivity index (χ0n) is 20.4. The minimum atomic E-state index is -1.93. The van der Waals surface area contributed by atoms with E-state index in [0.717, 1.165) is 16.9 Å². The van der Waals surface area contributed by atoms with Gasteiger partial charge < -0.3 is 18.8 Å². The number of nitrogens with zero attached hydrogens (tertiary/aromatic N) is 1. The predicted octanol–water partition coefficient (Wildman–Crippen LogP) is 5.64. The van der Waals surface area contributed by atoms with E-state index in [1.54, 1.807) is 4.90 Å². The van der Waals surface area contributed by atoms with E-state index >= 15 is 0 Å². The number of esters is 1. The van der Waals surface area contributed by atoms with Gasteiger partial charge in [-0.15, -0.1) is 0 Å². The normalized spacial score (nSPS) is 15.6. The Morgan fingerprint density at radius 1 is 1.00 bits per heavy atom. The first-order valence-electron chi connectivity index (χ1n) is 10.7. The first kappa shape index (κ1) is 25.0. The molecule has 31 heavy (non-hydrogen) atoms. The van der Waals surface area contributed by atoms with Crippen LogP contribution in [0.5, 0.6) is 5.75 Å². The Hall–Kier alpha value is -2.28. The highest BCUT2D eigenvalue weighted by Gasteiger charge is 2.39. The minimum Gasteiger partial charge on any atom is -0.544 e. The number of rotatable bonds is 4. The third-order valence-corrected chi connectivity index (χ3v) is 10.2. The van der Waals surface area contributed by atoms with E-state index in [9.17, 15) is 9.59 Å². The molecule has 1 aliphatic heterocycles. The molecule has 0 aliphatic carbocycles. The number of benzene rings is 1. The van der Waals surface area contributed by atoms with Crippen molar-refractivity contribution >= 4 is 26.0 Å². The van der Waals surface area contributed by atoms with Crippen molar-refractivity contribution in [2.75, 3.05) is 20.2 Å². The van der Waals surface area contributed by atoms with Crippen LogP contribution < -0.4 is 4.43 Å². The molecule has 0 unspecified atom stereocenters. The van der Waals surface area contributed by atoms with E-state index in [4.69, 9.17) is 13.9 Å². The number of amides is 1. The average molecular weight is 448 g/mol. The summed E-state index contributed by atoms with van der Waals surface area (Å²) in [4.78, 5) is 26.5. The molecule has 1 heterocycles.